The lowest BCUT2D eigenvalue weighted by molar-refractivity contribution is 0.0999. The zero-order chi connectivity index (χ0) is 17.4. The number of rotatable bonds is 3. The number of carbonyl (C=O) groups is 1. The Morgan fingerprint density at radius 1 is 1.28 bits per heavy atom. The van der Waals surface area contributed by atoms with Gasteiger partial charge < -0.3 is 9.67 Å². The van der Waals surface area contributed by atoms with Crippen LogP contribution in [0.5, 0.6) is 5.88 Å². The van der Waals surface area contributed by atoms with Crippen LogP contribution >= 0.6 is 11.3 Å². The summed E-state index contributed by atoms with van der Waals surface area (Å²) in [6.45, 7) is 2.57. The molecule has 1 amide bonds. The molecule has 3 aromatic rings. The highest BCUT2D eigenvalue weighted by Gasteiger charge is 2.18. The average Bonchev–Trinajstić information content (AvgIpc) is 3.18. The highest BCUT2D eigenvalue weighted by Crippen LogP contribution is 2.39. The molecule has 6 heteroatoms. The second-order valence-electron chi connectivity index (χ2n) is 6.20. The minimum Gasteiger partial charge on any atom is -0.493 e. The van der Waals surface area contributed by atoms with Crippen molar-refractivity contribution in [2.75, 3.05) is 0 Å². The van der Waals surface area contributed by atoms with Crippen LogP contribution in [0, 0.1) is 0 Å². The summed E-state index contributed by atoms with van der Waals surface area (Å²) in [5, 5.41) is 19.2. The monoisotopic (exact) mass is 353 g/mol. The molecule has 25 heavy (non-hydrogen) atoms. The third-order valence-corrected chi connectivity index (χ3v) is 5.91. The summed E-state index contributed by atoms with van der Waals surface area (Å²) in [4.78, 5) is 14.4. The van der Waals surface area contributed by atoms with Gasteiger partial charge in [-0.2, -0.15) is 0 Å². The number of carbonyl (C=O) groups excluding carboxylic acids is 1. The minimum atomic E-state index is -0.341. The number of thiophene rings is 1. The maximum absolute atomic E-state index is 12.4. The summed E-state index contributed by atoms with van der Waals surface area (Å²) in [7, 11) is 0. The van der Waals surface area contributed by atoms with Crippen LogP contribution in [0.25, 0.3) is 10.9 Å². The van der Waals surface area contributed by atoms with Crippen molar-refractivity contribution >= 4 is 33.8 Å². The number of fused-ring (bicyclic) bond motifs is 2. The van der Waals surface area contributed by atoms with Gasteiger partial charge in [-0.3, -0.25) is 4.79 Å². The number of aryl methyl sites for hydroxylation is 3. The van der Waals surface area contributed by atoms with Crippen molar-refractivity contribution in [3.8, 4) is 5.88 Å². The standard InChI is InChI=1S/C19H19N3O2S/c1-2-22-14-9-5-4-8-13(14)17(19(22)24)20-21-18(23)16-11-12-7-3-6-10-15(12)25-16/h4-5,8-9,11,24H,2-3,6-7,10H2,1H3. The van der Waals surface area contributed by atoms with Gasteiger partial charge in [0.1, 0.15) is 0 Å². The van der Waals surface area contributed by atoms with E-state index in [4.69, 9.17) is 0 Å². The van der Waals surface area contributed by atoms with Crippen molar-refractivity contribution in [1.82, 2.24) is 4.57 Å². The van der Waals surface area contributed by atoms with Gasteiger partial charge in [0.2, 0.25) is 5.88 Å². The molecule has 0 saturated heterocycles. The molecule has 0 spiro atoms. The van der Waals surface area contributed by atoms with Crippen LogP contribution in [0.4, 0.5) is 5.69 Å². The molecule has 0 radical (unpaired) electrons. The average molecular weight is 353 g/mol. The number of hydrogen-bond acceptors (Lipinski definition) is 4. The fourth-order valence-electron chi connectivity index (χ4n) is 3.43. The molecular weight excluding hydrogens is 334 g/mol. The number of hydrogen-bond donors (Lipinski definition) is 1. The summed E-state index contributed by atoms with van der Waals surface area (Å²) >= 11 is 1.53. The Kier molecular flexibility index (Phi) is 4.13. The van der Waals surface area contributed by atoms with E-state index < -0.39 is 0 Å². The van der Waals surface area contributed by atoms with Crippen LogP contribution in [0.3, 0.4) is 0 Å². The summed E-state index contributed by atoms with van der Waals surface area (Å²) < 4.78 is 1.76. The van der Waals surface area contributed by atoms with Gasteiger partial charge in [0, 0.05) is 16.8 Å². The van der Waals surface area contributed by atoms with Gasteiger partial charge in [0.25, 0.3) is 0 Å². The Morgan fingerprint density at radius 3 is 2.88 bits per heavy atom. The molecule has 1 aromatic carbocycles. The molecule has 0 fully saturated rings. The summed E-state index contributed by atoms with van der Waals surface area (Å²) in [6, 6.07) is 9.55. The van der Waals surface area contributed by atoms with Gasteiger partial charge in [-0.1, -0.05) is 18.2 Å². The smallest absolute Gasteiger partial charge is 0.305 e. The fraction of sp³-hybridized carbons (Fsp3) is 0.316. The van der Waals surface area contributed by atoms with Crippen molar-refractivity contribution in [2.24, 2.45) is 10.2 Å². The van der Waals surface area contributed by atoms with Gasteiger partial charge in [0.15, 0.2) is 5.69 Å². The van der Waals surface area contributed by atoms with E-state index in [1.54, 1.807) is 4.57 Å². The van der Waals surface area contributed by atoms with E-state index >= 15 is 0 Å². The first-order valence-corrected chi connectivity index (χ1v) is 9.38. The Morgan fingerprint density at radius 2 is 2.08 bits per heavy atom. The fourth-order valence-corrected chi connectivity index (χ4v) is 4.56. The zero-order valence-corrected chi connectivity index (χ0v) is 14.8. The molecule has 1 aliphatic rings. The van der Waals surface area contributed by atoms with Crippen molar-refractivity contribution in [3.63, 3.8) is 0 Å². The third kappa shape index (κ3) is 2.76. The van der Waals surface area contributed by atoms with Crippen molar-refractivity contribution in [2.45, 2.75) is 39.2 Å². The second-order valence-corrected chi connectivity index (χ2v) is 7.34. The number of benzene rings is 1. The molecule has 0 atom stereocenters. The predicted molar refractivity (Wildman–Crippen MR) is 99.1 cm³/mol. The molecule has 1 N–H and O–H groups in total. The molecule has 1 aliphatic carbocycles. The van der Waals surface area contributed by atoms with Gasteiger partial charge >= 0.3 is 5.91 Å². The number of para-hydroxylation sites is 1. The van der Waals surface area contributed by atoms with E-state index in [0.29, 0.717) is 17.1 Å². The predicted octanol–water partition coefficient (Wildman–Crippen LogP) is 5.23. The van der Waals surface area contributed by atoms with Crippen LogP contribution in [-0.4, -0.2) is 15.6 Å². The topological polar surface area (TPSA) is 66.9 Å². The maximum atomic E-state index is 12.4. The molecule has 0 bridgehead atoms. The number of aromatic hydroxyl groups is 1. The molecule has 2 aromatic heterocycles. The van der Waals surface area contributed by atoms with Crippen molar-refractivity contribution < 1.29 is 9.90 Å². The second kappa shape index (κ2) is 6.44. The normalized spacial score (nSPS) is 14.3. The lowest BCUT2D eigenvalue weighted by atomic mass is 9.99. The number of amides is 1. The van der Waals surface area contributed by atoms with Gasteiger partial charge in [-0.15, -0.1) is 21.6 Å². The Labute approximate surface area is 149 Å². The summed E-state index contributed by atoms with van der Waals surface area (Å²) in [6.07, 6.45) is 4.46. The largest absolute Gasteiger partial charge is 0.493 e. The molecule has 0 saturated carbocycles. The van der Waals surface area contributed by atoms with E-state index in [1.165, 1.54) is 34.6 Å². The van der Waals surface area contributed by atoms with Crippen LogP contribution < -0.4 is 0 Å². The molecule has 0 unspecified atom stereocenters. The summed E-state index contributed by atoms with van der Waals surface area (Å²) in [5.74, 6) is -0.294. The highest BCUT2D eigenvalue weighted by atomic mass is 32.1. The highest BCUT2D eigenvalue weighted by molar-refractivity contribution is 7.14. The molecular formula is C19H19N3O2S. The lowest BCUT2D eigenvalue weighted by Crippen LogP contribution is -1.96. The number of aromatic nitrogens is 1. The van der Waals surface area contributed by atoms with E-state index in [-0.39, 0.29) is 11.8 Å². The first-order valence-electron chi connectivity index (χ1n) is 8.57. The first kappa shape index (κ1) is 16.0. The van der Waals surface area contributed by atoms with Crippen molar-refractivity contribution in [3.05, 3.63) is 45.6 Å². The lowest BCUT2D eigenvalue weighted by Gasteiger charge is -2.08. The van der Waals surface area contributed by atoms with E-state index in [0.717, 1.165) is 23.7 Å². The van der Waals surface area contributed by atoms with Gasteiger partial charge in [-0.05, 0) is 50.3 Å². The minimum absolute atomic E-state index is 0.0470. The zero-order valence-electron chi connectivity index (χ0n) is 14.0. The molecule has 2 heterocycles. The Hall–Kier alpha value is -2.47. The Bertz CT molecular complexity index is 961. The maximum Gasteiger partial charge on any atom is 0.305 e. The van der Waals surface area contributed by atoms with E-state index in [9.17, 15) is 9.90 Å². The molecule has 5 nitrogen and oxygen atoms in total. The first-order chi connectivity index (χ1) is 12.2. The number of azo groups is 1. The summed E-state index contributed by atoms with van der Waals surface area (Å²) in [5.41, 5.74) is 2.52. The quantitative estimate of drug-likeness (QED) is 0.655. The van der Waals surface area contributed by atoms with Crippen molar-refractivity contribution in [1.29, 1.82) is 0 Å². The molecule has 4 rings (SSSR count). The van der Waals surface area contributed by atoms with Crippen LogP contribution in [0.1, 0.15) is 39.9 Å². The SMILES string of the molecule is CCn1c(O)c(N=NC(=O)c2cc3c(s2)CCCC3)c2ccccc21. The number of nitrogens with zero attached hydrogens (tertiary/aromatic N) is 3. The van der Waals surface area contributed by atoms with E-state index in [2.05, 4.69) is 10.2 Å². The third-order valence-electron chi connectivity index (χ3n) is 4.68. The van der Waals surface area contributed by atoms with E-state index in [1.807, 2.05) is 37.3 Å². The van der Waals surface area contributed by atoms with Crippen LogP contribution in [0.15, 0.2) is 40.6 Å². The molecule has 0 aliphatic heterocycles. The Balaban J connectivity index is 1.68. The molecule has 128 valence electrons. The van der Waals surface area contributed by atoms with Gasteiger partial charge in [0.05, 0.1) is 10.4 Å². The van der Waals surface area contributed by atoms with Gasteiger partial charge in [-0.25, -0.2) is 0 Å². The van der Waals surface area contributed by atoms with Crippen LogP contribution in [-0.2, 0) is 19.4 Å². The van der Waals surface area contributed by atoms with Crippen LogP contribution in [0.2, 0.25) is 0 Å².